The van der Waals surface area contributed by atoms with Crippen molar-refractivity contribution in [3.63, 3.8) is 0 Å². The van der Waals surface area contributed by atoms with E-state index in [1.807, 2.05) is 18.2 Å². The minimum absolute atomic E-state index is 0.589. The Kier molecular flexibility index (Phi) is 4.86. The van der Waals surface area contributed by atoms with Crippen LogP contribution in [0.5, 0.6) is 11.5 Å². The van der Waals surface area contributed by atoms with Gasteiger partial charge >= 0.3 is 6.18 Å². The van der Waals surface area contributed by atoms with Gasteiger partial charge in [0.15, 0.2) is 11.5 Å². The maximum atomic E-state index is 13.0. The van der Waals surface area contributed by atoms with E-state index in [4.69, 9.17) is 9.47 Å². The van der Waals surface area contributed by atoms with E-state index in [9.17, 15) is 13.2 Å². The fourth-order valence-electron chi connectivity index (χ4n) is 3.68. The Morgan fingerprint density at radius 3 is 2.28 bits per heavy atom. The number of rotatable bonds is 4. The van der Waals surface area contributed by atoms with Gasteiger partial charge in [-0.15, -0.1) is 0 Å². The molecule has 0 amide bonds. The summed E-state index contributed by atoms with van der Waals surface area (Å²) in [7, 11) is 3.15. The third kappa shape index (κ3) is 3.50. The van der Waals surface area contributed by atoms with Crippen LogP contribution in [0.15, 0.2) is 54.6 Å². The van der Waals surface area contributed by atoms with Crippen LogP contribution in [-0.2, 0) is 12.6 Å². The van der Waals surface area contributed by atoms with E-state index in [-0.39, 0.29) is 0 Å². The Labute approximate surface area is 167 Å². The molecule has 3 nitrogen and oxygen atoms in total. The van der Waals surface area contributed by atoms with E-state index >= 15 is 0 Å². The minimum atomic E-state index is -4.36. The van der Waals surface area contributed by atoms with Crippen LogP contribution in [-0.4, -0.2) is 18.8 Å². The maximum absolute atomic E-state index is 13.0. The molecule has 0 fully saturated rings. The van der Waals surface area contributed by atoms with Gasteiger partial charge in [0.1, 0.15) is 0 Å². The summed E-state index contributed by atoms with van der Waals surface area (Å²) in [5, 5.41) is 0. The highest BCUT2D eigenvalue weighted by atomic mass is 19.4. The van der Waals surface area contributed by atoms with Gasteiger partial charge in [0.25, 0.3) is 0 Å². The van der Waals surface area contributed by atoms with Gasteiger partial charge in [0.2, 0.25) is 0 Å². The van der Waals surface area contributed by atoms with Crippen LogP contribution in [0.2, 0.25) is 0 Å². The van der Waals surface area contributed by atoms with Gasteiger partial charge in [-0.3, -0.25) is 0 Å². The fraction of sp³-hybridized carbons (Fsp3) is 0.217. The zero-order valence-electron chi connectivity index (χ0n) is 16.1. The maximum Gasteiger partial charge on any atom is 0.416 e. The van der Waals surface area contributed by atoms with Gasteiger partial charge < -0.3 is 14.0 Å². The van der Waals surface area contributed by atoms with Crippen LogP contribution < -0.4 is 9.47 Å². The van der Waals surface area contributed by atoms with Crippen molar-refractivity contribution < 1.29 is 22.6 Å². The van der Waals surface area contributed by atoms with Gasteiger partial charge in [-0.1, -0.05) is 18.2 Å². The third-order valence-electron chi connectivity index (χ3n) is 5.11. The second-order valence-corrected chi connectivity index (χ2v) is 6.83. The summed E-state index contributed by atoms with van der Waals surface area (Å²) in [6, 6.07) is 12.9. The van der Waals surface area contributed by atoms with Crippen LogP contribution in [0.4, 0.5) is 13.2 Å². The minimum Gasteiger partial charge on any atom is -0.493 e. The Hall–Kier alpha value is -3.15. The highest BCUT2D eigenvalue weighted by Crippen LogP contribution is 2.37. The molecule has 2 aromatic carbocycles. The van der Waals surface area contributed by atoms with Gasteiger partial charge in [0.05, 0.1) is 31.2 Å². The number of hydrogen-bond acceptors (Lipinski definition) is 2. The number of fused-ring (bicyclic) bond motifs is 1. The van der Waals surface area contributed by atoms with E-state index in [1.54, 1.807) is 14.2 Å². The second-order valence-electron chi connectivity index (χ2n) is 6.83. The lowest BCUT2D eigenvalue weighted by atomic mass is 10.0. The lowest BCUT2D eigenvalue weighted by Crippen LogP contribution is -2.05. The molecular weight excluding hydrogens is 379 g/mol. The molecule has 3 aromatic rings. The van der Waals surface area contributed by atoms with E-state index in [0.717, 1.165) is 53.2 Å². The number of nitrogens with zero attached hydrogens (tertiary/aromatic N) is 1. The van der Waals surface area contributed by atoms with Crippen LogP contribution in [0, 0.1) is 0 Å². The molecule has 1 aliphatic carbocycles. The van der Waals surface area contributed by atoms with Crippen molar-refractivity contribution in [2.45, 2.75) is 19.0 Å². The van der Waals surface area contributed by atoms with Crippen molar-refractivity contribution >= 4 is 6.08 Å². The van der Waals surface area contributed by atoms with Crippen molar-refractivity contribution in [1.82, 2.24) is 4.57 Å². The second kappa shape index (κ2) is 7.35. The molecule has 0 saturated carbocycles. The number of allylic oxidation sites excluding steroid dienone is 1. The number of halogens is 3. The van der Waals surface area contributed by atoms with Crippen molar-refractivity contribution in [1.29, 1.82) is 0 Å². The number of alkyl halides is 3. The van der Waals surface area contributed by atoms with Crippen molar-refractivity contribution in [3.05, 3.63) is 71.4 Å². The van der Waals surface area contributed by atoms with Crippen LogP contribution in [0.3, 0.4) is 0 Å². The van der Waals surface area contributed by atoms with E-state index < -0.39 is 11.7 Å². The zero-order chi connectivity index (χ0) is 20.6. The summed E-state index contributed by atoms with van der Waals surface area (Å²) in [5.41, 5.74) is 3.94. The smallest absolute Gasteiger partial charge is 0.416 e. The Balaban J connectivity index is 1.88. The molecule has 4 rings (SSSR count). The Morgan fingerprint density at radius 2 is 1.62 bits per heavy atom. The van der Waals surface area contributed by atoms with Crippen LogP contribution in [0.1, 0.15) is 23.2 Å². The average Bonchev–Trinajstić information content (AvgIpc) is 3.12. The molecule has 1 aromatic heterocycles. The first kappa shape index (κ1) is 19.2. The number of aromatic nitrogens is 1. The summed E-state index contributed by atoms with van der Waals surface area (Å²) >= 11 is 0. The molecule has 0 bridgehead atoms. The molecular formula is C23H20F3NO2. The zero-order valence-corrected chi connectivity index (χ0v) is 16.1. The predicted molar refractivity (Wildman–Crippen MR) is 107 cm³/mol. The molecule has 0 atom stereocenters. The summed E-state index contributed by atoms with van der Waals surface area (Å²) in [6.07, 6.45) is 1.64. The lowest BCUT2D eigenvalue weighted by Gasteiger charge is -2.17. The largest absolute Gasteiger partial charge is 0.493 e. The number of benzene rings is 2. The van der Waals surface area contributed by atoms with Crippen LogP contribution >= 0.6 is 0 Å². The van der Waals surface area contributed by atoms with E-state index in [2.05, 4.69) is 22.8 Å². The molecule has 29 heavy (non-hydrogen) atoms. The lowest BCUT2D eigenvalue weighted by molar-refractivity contribution is -0.137. The fourth-order valence-corrected chi connectivity index (χ4v) is 3.68. The summed E-state index contributed by atoms with van der Waals surface area (Å²) in [4.78, 5) is 0. The summed E-state index contributed by atoms with van der Waals surface area (Å²) < 4.78 is 51.7. The van der Waals surface area contributed by atoms with Crippen molar-refractivity contribution in [2.75, 3.05) is 14.2 Å². The molecule has 6 heteroatoms. The third-order valence-corrected chi connectivity index (χ3v) is 5.11. The molecule has 1 heterocycles. The normalized spacial score (nSPS) is 13.3. The van der Waals surface area contributed by atoms with E-state index in [0.29, 0.717) is 11.5 Å². The molecule has 0 aliphatic heterocycles. The highest BCUT2D eigenvalue weighted by Gasteiger charge is 2.30. The quantitative estimate of drug-likeness (QED) is 0.526. The standard InChI is InChI=1S/C23H20F3NO2/c1-28-21-12-11-18(14-22(21)29-2)27-19-6-4-3-5-16(19)13-20(27)15-7-9-17(10-8-15)23(24,25)26/h4,6-14H,3,5H2,1-2H3. The predicted octanol–water partition coefficient (Wildman–Crippen LogP) is 6.14. The first-order chi connectivity index (χ1) is 13.9. The summed E-state index contributed by atoms with van der Waals surface area (Å²) in [5.74, 6) is 1.20. The van der Waals surface area contributed by atoms with Gasteiger partial charge in [-0.05, 0) is 60.4 Å². The molecule has 0 unspecified atom stereocenters. The topological polar surface area (TPSA) is 23.4 Å². The van der Waals surface area contributed by atoms with Crippen LogP contribution in [0.25, 0.3) is 23.0 Å². The van der Waals surface area contributed by atoms with Gasteiger partial charge in [-0.2, -0.15) is 13.2 Å². The first-order valence-corrected chi connectivity index (χ1v) is 9.23. The van der Waals surface area contributed by atoms with Gasteiger partial charge in [-0.25, -0.2) is 0 Å². The summed E-state index contributed by atoms with van der Waals surface area (Å²) in [6.45, 7) is 0. The number of hydrogen-bond donors (Lipinski definition) is 0. The molecule has 0 saturated heterocycles. The number of methoxy groups -OCH3 is 2. The number of aryl methyl sites for hydroxylation is 1. The van der Waals surface area contributed by atoms with Gasteiger partial charge in [0, 0.05) is 11.8 Å². The molecule has 0 radical (unpaired) electrons. The Morgan fingerprint density at radius 1 is 0.897 bits per heavy atom. The van der Waals surface area contributed by atoms with Crippen molar-refractivity contribution in [2.24, 2.45) is 0 Å². The molecule has 150 valence electrons. The first-order valence-electron chi connectivity index (χ1n) is 9.23. The number of ether oxygens (including phenoxy) is 2. The molecule has 0 N–H and O–H groups in total. The van der Waals surface area contributed by atoms with E-state index in [1.165, 1.54) is 12.1 Å². The molecule has 1 aliphatic rings. The average molecular weight is 399 g/mol. The monoisotopic (exact) mass is 399 g/mol. The molecule has 0 spiro atoms. The Bertz CT molecular complexity index is 1060. The van der Waals surface area contributed by atoms with Crippen molar-refractivity contribution in [3.8, 4) is 28.4 Å². The highest BCUT2D eigenvalue weighted by molar-refractivity contribution is 5.72. The SMILES string of the molecule is COc1ccc(-n2c(-c3ccc(C(F)(F)F)cc3)cc3c2C=CCC3)cc1OC.